The smallest absolute Gasteiger partial charge is 0.153 e. The fraction of sp³-hybridized carbons (Fsp3) is 0.667. The average Bonchev–Trinajstić information content (AvgIpc) is 2.44. The number of hydrogen-bond donors (Lipinski definition) is 0. The second kappa shape index (κ2) is 3.47. The molecular formula is C12H18N2O. The molecule has 1 saturated carbocycles. The molecule has 0 aromatic carbocycles. The Hall–Kier alpha value is -1.12. The van der Waals surface area contributed by atoms with E-state index in [2.05, 4.69) is 25.9 Å². The number of aldehydes is 1. The zero-order valence-electron chi connectivity index (χ0n) is 9.66. The second-order valence-electron chi connectivity index (χ2n) is 5.31. The summed E-state index contributed by atoms with van der Waals surface area (Å²) >= 11 is 0. The number of carbonyl (C=O) groups excluding carboxylic acids is 1. The van der Waals surface area contributed by atoms with Crippen molar-refractivity contribution in [1.82, 2.24) is 9.78 Å². The molecule has 15 heavy (non-hydrogen) atoms. The first-order chi connectivity index (χ1) is 7.04. The third-order valence-electron chi connectivity index (χ3n) is 3.09. The summed E-state index contributed by atoms with van der Waals surface area (Å²) in [6, 6.07) is 0. The van der Waals surface area contributed by atoms with Crippen LogP contribution in [0.2, 0.25) is 0 Å². The van der Waals surface area contributed by atoms with Gasteiger partial charge in [-0.2, -0.15) is 5.10 Å². The van der Waals surface area contributed by atoms with Gasteiger partial charge in [-0.05, 0) is 33.6 Å². The number of hydrogen-bond acceptors (Lipinski definition) is 2. The third-order valence-corrected chi connectivity index (χ3v) is 3.09. The summed E-state index contributed by atoms with van der Waals surface area (Å²) < 4.78 is 2.01. The summed E-state index contributed by atoms with van der Waals surface area (Å²) in [4.78, 5) is 11.0. The SMILES string of the molecule is CC(C)(C)n1ncc(C=O)c1C1CCC1. The van der Waals surface area contributed by atoms with E-state index in [1.165, 1.54) is 19.3 Å². The lowest BCUT2D eigenvalue weighted by atomic mass is 9.81. The topological polar surface area (TPSA) is 34.9 Å². The van der Waals surface area contributed by atoms with Crippen LogP contribution in [0.3, 0.4) is 0 Å². The summed E-state index contributed by atoms with van der Waals surface area (Å²) in [6.07, 6.45) is 6.30. The van der Waals surface area contributed by atoms with E-state index in [-0.39, 0.29) is 5.54 Å². The molecule has 3 nitrogen and oxygen atoms in total. The molecule has 0 amide bonds. The molecule has 1 aliphatic carbocycles. The van der Waals surface area contributed by atoms with Gasteiger partial charge in [0, 0.05) is 5.92 Å². The van der Waals surface area contributed by atoms with Crippen LogP contribution < -0.4 is 0 Å². The van der Waals surface area contributed by atoms with Crippen LogP contribution >= 0.6 is 0 Å². The Bertz CT molecular complexity index is 369. The molecule has 0 atom stereocenters. The lowest BCUT2D eigenvalue weighted by molar-refractivity contribution is 0.112. The molecule has 1 heterocycles. The van der Waals surface area contributed by atoms with Crippen molar-refractivity contribution in [2.75, 3.05) is 0 Å². The minimum atomic E-state index is -0.0355. The maximum Gasteiger partial charge on any atom is 0.153 e. The zero-order chi connectivity index (χ0) is 11.1. The highest BCUT2D eigenvalue weighted by Crippen LogP contribution is 2.39. The molecule has 2 rings (SSSR count). The number of rotatable bonds is 2. The molecule has 0 bridgehead atoms. The molecule has 0 saturated heterocycles. The van der Waals surface area contributed by atoms with Crippen LogP contribution in [0.25, 0.3) is 0 Å². The van der Waals surface area contributed by atoms with E-state index in [0.29, 0.717) is 5.92 Å². The Balaban J connectivity index is 2.46. The largest absolute Gasteiger partial charge is 0.298 e. The molecule has 0 N–H and O–H groups in total. The average molecular weight is 206 g/mol. The van der Waals surface area contributed by atoms with E-state index in [9.17, 15) is 4.79 Å². The monoisotopic (exact) mass is 206 g/mol. The number of nitrogens with zero attached hydrogens (tertiary/aromatic N) is 2. The van der Waals surface area contributed by atoms with Crippen LogP contribution in [-0.2, 0) is 5.54 Å². The van der Waals surface area contributed by atoms with Crippen LogP contribution in [-0.4, -0.2) is 16.1 Å². The van der Waals surface area contributed by atoms with Gasteiger partial charge in [0.2, 0.25) is 0 Å². The van der Waals surface area contributed by atoms with E-state index in [0.717, 1.165) is 17.5 Å². The predicted molar refractivity (Wildman–Crippen MR) is 59.2 cm³/mol. The molecular weight excluding hydrogens is 188 g/mol. The Morgan fingerprint density at radius 2 is 2.13 bits per heavy atom. The van der Waals surface area contributed by atoms with Crippen LogP contribution in [0.1, 0.15) is 62.0 Å². The van der Waals surface area contributed by atoms with Crippen molar-refractivity contribution in [2.45, 2.75) is 51.5 Å². The van der Waals surface area contributed by atoms with Gasteiger partial charge in [0.15, 0.2) is 6.29 Å². The Kier molecular flexibility index (Phi) is 2.41. The first kappa shape index (κ1) is 10.4. The zero-order valence-corrected chi connectivity index (χ0v) is 9.66. The minimum absolute atomic E-state index is 0.0355. The highest BCUT2D eigenvalue weighted by molar-refractivity contribution is 5.76. The van der Waals surface area contributed by atoms with Crippen molar-refractivity contribution < 1.29 is 4.79 Å². The van der Waals surface area contributed by atoms with Crippen molar-refractivity contribution in [1.29, 1.82) is 0 Å². The van der Waals surface area contributed by atoms with E-state index in [4.69, 9.17) is 0 Å². The van der Waals surface area contributed by atoms with Crippen LogP contribution in [0.15, 0.2) is 6.20 Å². The summed E-state index contributed by atoms with van der Waals surface area (Å²) in [6.45, 7) is 6.37. The summed E-state index contributed by atoms with van der Waals surface area (Å²) in [5.74, 6) is 0.548. The summed E-state index contributed by atoms with van der Waals surface area (Å²) in [5, 5.41) is 4.35. The van der Waals surface area contributed by atoms with Gasteiger partial charge in [0.05, 0.1) is 23.0 Å². The first-order valence-electron chi connectivity index (χ1n) is 5.57. The van der Waals surface area contributed by atoms with Crippen LogP contribution in [0.5, 0.6) is 0 Å². The van der Waals surface area contributed by atoms with E-state index >= 15 is 0 Å². The molecule has 0 aliphatic heterocycles. The standard InChI is InChI=1S/C12H18N2O/c1-12(2,3)14-11(9-5-4-6-9)10(8-15)7-13-14/h7-9H,4-6H2,1-3H3. The van der Waals surface area contributed by atoms with Crippen molar-refractivity contribution in [2.24, 2.45) is 0 Å². The van der Waals surface area contributed by atoms with Gasteiger partial charge in [-0.25, -0.2) is 0 Å². The van der Waals surface area contributed by atoms with Crippen LogP contribution in [0.4, 0.5) is 0 Å². The van der Waals surface area contributed by atoms with Gasteiger partial charge >= 0.3 is 0 Å². The Morgan fingerprint density at radius 1 is 1.47 bits per heavy atom. The maximum atomic E-state index is 11.0. The van der Waals surface area contributed by atoms with E-state index in [1.807, 2.05) is 4.68 Å². The third kappa shape index (κ3) is 1.71. The predicted octanol–water partition coefficient (Wildman–Crippen LogP) is 2.72. The van der Waals surface area contributed by atoms with Gasteiger partial charge in [-0.1, -0.05) is 6.42 Å². The molecule has 1 aromatic rings. The molecule has 1 fully saturated rings. The molecule has 3 heteroatoms. The molecule has 1 aliphatic rings. The van der Waals surface area contributed by atoms with E-state index in [1.54, 1.807) is 6.20 Å². The van der Waals surface area contributed by atoms with Gasteiger partial charge in [-0.3, -0.25) is 9.48 Å². The first-order valence-corrected chi connectivity index (χ1v) is 5.57. The highest BCUT2D eigenvalue weighted by atomic mass is 16.1. The Morgan fingerprint density at radius 3 is 2.53 bits per heavy atom. The molecule has 1 aromatic heterocycles. The van der Waals surface area contributed by atoms with Gasteiger partial charge in [0.25, 0.3) is 0 Å². The summed E-state index contributed by atoms with van der Waals surface area (Å²) in [7, 11) is 0. The highest BCUT2D eigenvalue weighted by Gasteiger charge is 2.29. The molecule has 0 spiro atoms. The van der Waals surface area contributed by atoms with Gasteiger partial charge < -0.3 is 0 Å². The minimum Gasteiger partial charge on any atom is -0.298 e. The quantitative estimate of drug-likeness (QED) is 0.697. The maximum absolute atomic E-state index is 11.0. The number of carbonyl (C=O) groups is 1. The Labute approximate surface area is 90.5 Å². The lowest BCUT2D eigenvalue weighted by Gasteiger charge is -2.31. The number of aromatic nitrogens is 2. The second-order valence-corrected chi connectivity index (χ2v) is 5.31. The van der Waals surface area contributed by atoms with Crippen molar-refractivity contribution in [3.8, 4) is 0 Å². The summed E-state index contributed by atoms with van der Waals surface area (Å²) in [5.41, 5.74) is 1.88. The molecule has 82 valence electrons. The molecule has 0 radical (unpaired) electrons. The van der Waals surface area contributed by atoms with Crippen molar-refractivity contribution in [3.63, 3.8) is 0 Å². The van der Waals surface area contributed by atoms with E-state index < -0.39 is 0 Å². The van der Waals surface area contributed by atoms with Crippen LogP contribution in [0, 0.1) is 0 Å². The fourth-order valence-corrected chi connectivity index (χ4v) is 2.09. The lowest BCUT2D eigenvalue weighted by Crippen LogP contribution is -2.28. The molecule has 0 unspecified atom stereocenters. The van der Waals surface area contributed by atoms with Gasteiger partial charge in [0.1, 0.15) is 0 Å². The fourth-order valence-electron chi connectivity index (χ4n) is 2.09. The van der Waals surface area contributed by atoms with Crippen molar-refractivity contribution >= 4 is 6.29 Å². The normalized spacial score (nSPS) is 17.5. The van der Waals surface area contributed by atoms with Gasteiger partial charge in [-0.15, -0.1) is 0 Å². The van der Waals surface area contributed by atoms with Crippen molar-refractivity contribution in [3.05, 3.63) is 17.5 Å².